The largest absolute Gasteiger partial charge is 0.369 e. The highest BCUT2D eigenvalue weighted by Crippen LogP contribution is 2.29. The highest BCUT2D eigenvalue weighted by Gasteiger charge is 2.14. The first-order valence-corrected chi connectivity index (χ1v) is 11.6. The van der Waals surface area contributed by atoms with Crippen LogP contribution in [0.1, 0.15) is 0 Å². The number of rotatable bonds is 6. The molecular weight excluding hydrogens is 438 g/mol. The molecule has 2 aromatic carbocycles. The van der Waals surface area contributed by atoms with Crippen LogP contribution in [0.4, 0.5) is 23.1 Å². The maximum absolute atomic E-state index is 11.7. The van der Waals surface area contributed by atoms with Crippen molar-refractivity contribution in [2.24, 2.45) is 0 Å². The van der Waals surface area contributed by atoms with E-state index in [0.717, 1.165) is 53.9 Å². The van der Waals surface area contributed by atoms with Crippen molar-refractivity contribution in [3.8, 4) is 11.1 Å². The zero-order chi connectivity index (χ0) is 24.2. The molecule has 2 aromatic heterocycles. The second kappa shape index (κ2) is 9.90. The van der Waals surface area contributed by atoms with Crippen LogP contribution in [0.2, 0.25) is 0 Å². The Morgan fingerprint density at radius 1 is 1.03 bits per heavy atom. The van der Waals surface area contributed by atoms with Crippen molar-refractivity contribution in [2.45, 2.75) is 0 Å². The molecule has 0 aliphatic carbocycles. The number of carbonyl (C=O) groups is 1. The van der Waals surface area contributed by atoms with Crippen molar-refractivity contribution >= 4 is 40.0 Å². The lowest BCUT2D eigenvalue weighted by molar-refractivity contribution is -0.111. The van der Waals surface area contributed by atoms with E-state index in [2.05, 4.69) is 68.3 Å². The van der Waals surface area contributed by atoms with Gasteiger partial charge in [-0.15, -0.1) is 0 Å². The minimum absolute atomic E-state index is 0.306. The lowest BCUT2D eigenvalue weighted by atomic mass is 10.0. The number of hydrogen-bond acceptors (Lipinski definition) is 7. The zero-order valence-corrected chi connectivity index (χ0v) is 19.6. The van der Waals surface area contributed by atoms with E-state index < -0.39 is 0 Å². The number of anilines is 4. The molecule has 1 aliphatic heterocycles. The summed E-state index contributed by atoms with van der Waals surface area (Å²) in [7, 11) is 2.16. The number of nitrogens with one attached hydrogen (secondary N) is 2. The van der Waals surface area contributed by atoms with Gasteiger partial charge in [0.2, 0.25) is 11.9 Å². The van der Waals surface area contributed by atoms with Crippen LogP contribution in [0.3, 0.4) is 0 Å². The third kappa shape index (κ3) is 5.12. The Morgan fingerprint density at radius 2 is 1.83 bits per heavy atom. The standard InChI is InChI=1S/C27H27N7O/c1-3-25(35)31-24-17-19(11-12-28-24)23-6-4-5-20-18-29-27(32-26(20)23)30-21-7-9-22(10-8-21)34-15-13-33(2)14-16-34/h3-12,17-18H,1,13-16H2,2H3,(H,28,31,35)(H,29,30,32). The number of likely N-dealkylation sites (N-methyl/N-ethyl adjacent to an activating group) is 1. The van der Waals surface area contributed by atoms with E-state index in [0.29, 0.717) is 11.8 Å². The number of amides is 1. The van der Waals surface area contributed by atoms with E-state index >= 15 is 0 Å². The van der Waals surface area contributed by atoms with Crippen LogP contribution in [0.25, 0.3) is 22.0 Å². The molecule has 0 bridgehead atoms. The zero-order valence-electron chi connectivity index (χ0n) is 19.6. The highest BCUT2D eigenvalue weighted by molar-refractivity contribution is 5.99. The summed E-state index contributed by atoms with van der Waals surface area (Å²) < 4.78 is 0. The van der Waals surface area contributed by atoms with Gasteiger partial charge in [0.1, 0.15) is 5.82 Å². The second-order valence-corrected chi connectivity index (χ2v) is 8.52. The second-order valence-electron chi connectivity index (χ2n) is 8.52. The fourth-order valence-electron chi connectivity index (χ4n) is 4.14. The molecule has 8 nitrogen and oxygen atoms in total. The van der Waals surface area contributed by atoms with Crippen LogP contribution in [0.15, 0.2) is 79.6 Å². The van der Waals surface area contributed by atoms with Crippen molar-refractivity contribution in [1.29, 1.82) is 0 Å². The fraction of sp³-hybridized carbons (Fsp3) is 0.185. The predicted molar refractivity (Wildman–Crippen MR) is 141 cm³/mol. The molecule has 0 unspecified atom stereocenters. The van der Waals surface area contributed by atoms with Gasteiger partial charge < -0.3 is 20.4 Å². The molecule has 8 heteroatoms. The average Bonchev–Trinajstić information content (AvgIpc) is 2.89. The number of para-hydroxylation sites is 1. The lowest BCUT2D eigenvalue weighted by Crippen LogP contribution is -2.44. The van der Waals surface area contributed by atoms with Crippen LogP contribution in [-0.4, -0.2) is 59.0 Å². The van der Waals surface area contributed by atoms with Crippen molar-refractivity contribution in [3.63, 3.8) is 0 Å². The molecule has 176 valence electrons. The smallest absolute Gasteiger partial charge is 0.248 e. The van der Waals surface area contributed by atoms with E-state index in [1.165, 1.54) is 11.8 Å². The van der Waals surface area contributed by atoms with Gasteiger partial charge in [0.25, 0.3) is 0 Å². The molecule has 2 N–H and O–H groups in total. The first-order valence-electron chi connectivity index (χ1n) is 11.6. The molecule has 0 atom stereocenters. The number of fused-ring (bicyclic) bond motifs is 1. The maximum Gasteiger partial charge on any atom is 0.248 e. The van der Waals surface area contributed by atoms with Gasteiger partial charge in [0, 0.05) is 60.9 Å². The third-order valence-corrected chi connectivity index (χ3v) is 6.11. The monoisotopic (exact) mass is 465 g/mol. The Labute approximate surface area is 204 Å². The van der Waals surface area contributed by atoms with Crippen LogP contribution in [0.5, 0.6) is 0 Å². The highest BCUT2D eigenvalue weighted by atomic mass is 16.1. The Balaban J connectivity index is 1.39. The SMILES string of the molecule is C=CC(=O)Nc1cc(-c2cccc3cnc(Nc4ccc(N5CCN(C)CC5)cc4)nc23)ccn1. The number of carbonyl (C=O) groups excluding carboxylic acids is 1. The summed E-state index contributed by atoms with van der Waals surface area (Å²) in [5, 5.41) is 6.96. The molecule has 35 heavy (non-hydrogen) atoms. The summed E-state index contributed by atoms with van der Waals surface area (Å²) >= 11 is 0. The molecule has 1 amide bonds. The topological polar surface area (TPSA) is 86.3 Å². The Bertz CT molecular complexity index is 1360. The molecule has 0 saturated carbocycles. The molecule has 1 aliphatic rings. The normalized spacial score (nSPS) is 14.0. The van der Waals surface area contributed by atoms with E-state index in [9.17, 15) is 4.79 Å². The van der Waals surface area contributed by atoms with Crippen LogP contribution < -0.4 is 15.5 Å². The Morgan fingerprint density at radius 3 is 2.60 bits per heavy atom. The molecule has 4 aromatic rings. The van der Waals surface area contributed by atoms with Crippen LogP contribution in [-0.2, 0) is 4.79 Å². The van der Waals surface area contributed by atoms with Crippen molar-refractivity contribution in [2.75, 3.05) is 48.8 Å². The number of pyridine rings is 1. The number of piperazine rings is 1. The minimum atomic E-state index is -0.306. The molecule has 0 spiro atoms. The molecule has 1 fully saturated rings. The molecule has 0 radical (unpaired) electrons. The number of benzene rings is 2. The summed E-state index contributed by atoms with van der Waals surface area (Å²) in [4.78, 5) is 30.0. The van der Waals surface area contributed by atoms with Gasteiger partial charge in [-0.3, -0.25) is 4.79 Å². The number of nitrogens with zero attached hydrogens (tertiary/aromatic N) is 5. The van der Waals surface area contributed by atoms with Gasteiger partial charge >= 0.3 is 0 Å². The van der Waals surface area contributed by atoms with Gasteiger partial charge in [0.05, 0.1) is 5.52 Å². The lowest BCUT2D eigenvalue weighted by Gasteiger charge is -2.34. The average molecular weight is 466 g/mol. The van der Waals surface area contributed by atoms with E-state index in [1.54, 1.807) is 6.20 Å². The predicted octanol–water partition coefficient (Wildman–Crippen LogP) is 4.31. The molecule has 3 heterocycles. The quantitative estimate of drug-likeness (QED) is 0.410. The fourth-order valence-corrected chi connectivity index (χ4v) is 4.14. The van der Waals surface area contributed by atoms with Crippen molar-refractivity contribution in [1.82, 2.24) is 19.9 Å². The number of aromatic nitrogens is 3. The van der Waals surface area contributed by atoms with Gasteiger partial charge in [-0.1, -0.05) is 24.8 Å². The van der Waals surface area contributed by atoms with Gasteiger partial charge in [0.15, 0.2) is 0 Å². The molecular formula is C27H27N7O. The summed E-state index contributed by atoms with van der Waals surface area (Å²) in [6.07, 6.45) is 4.69. The minimum Gasteiger partial charge on any atom is -0.369 e. The van der Waals surface area contributed by atoms with Crippen LogP contribution >= 0.6 is 0 Å². The maximum atomic E-state index is 11.7. The van der Waals surface area contributed by atoms with E-state index in [1.807, 2.05) is 36.5 Å². The molecule has 1 saturated heterocycles. The Hall–Kier alpha value is -4.30. The number of hydrogen-bond donors (Lipinski definition) is 2. The summed E-state index contributed by atoms with van der Waals surface area (Å²) in [6.45, 7) is 7.71. The van der Waals surface area contributed by atoms with Crippen molar-refractivity contribution < 1.29 is 4.79 Å². The Kier molecular flexibility index (Phi) is 6.36. The third-order valence-electron chi connectivity index (χ3n) is 6.11. The first-order chi connectivity index (χ1) is 17.1. The summed E-state index contributed by atoms with van der Waals surface area (Å²) in [6, 6.07) is 18.1. The van der Waals surface area contributed by atoms with E-state index in [-0.39, 0.29) is 5.91 Å². The molecule has 5 rings (SSSR count). The first kappa shape index (κ1) is 22.5. The van der Waals surface area contributed by atoms with Crippen molar-refractivity contribution in [3.05, 3.63) is 79.6 Å². The van der Waals surface area contributed by atoms with E-state index in [4.69, 9.17) is 4.98 Å². The summed E-state index contributed by atoms with van der Waals surface area (Å²) in [5.41, 5.74) is 4.78. The summed E-state index contributed by atoms with van der Waals surface area (Å²) in [5.74, 6) is 0.670. The van der Waals surface area contributed by atoms with Gasteiger partial charge in [-0.2, -0.15) is 0 Å². The van der Waals surface area contributed by atoms with Gasteiger partial charge in [-0.05, 0) is 55.1 Å². The van der Waals surface area contributed by atoms with Gasteiger partial charge in [-0.25, -0.2) is 15.0 Å². The van der Waals surface area contributed by atoms with Crippen LogP contribution in [0, 0.1) is 0 Å².